The zero-order valence-electron chi connectivity index (χ0n) is 15.5. The molecular weight excluding hydrogens is 354 g/mol. The normalized spacial score (nSPS) is 11.9. The molecule has 1 aliphatic rings. The van der Waals surface area contributed by atoms with Crippen LogP contribution in [0.3, 0.4) is 0 Å². The molecule has 0 radical (unpaired) electrons. The summed E-state index contributed by atoms with van der Waals surface area (Å²) in [6.07, 6.45) is 1.48. The summed E-state index contributed by atoms with van der Waals surface area (Å²) in [5.41, 5.74) is 1.32. The lowest BCUT2D eigenvalue weighted by Gasteiger charge is -2.29. The Morgan fingerprint density at radius 1 is 1.30 bits per heavy atom. The van der Waals surface area contributed by atoms with Gasteiger partial charge in [-0.1, -0.05) is 13.8 Å². The molecule has 1 aromatic carbocycles. The Bertz CT molecular complexity index is 812. The van der Waals surface area contributed by atoms with Crippen LogP contribution in [0.15, 0.2) is 24.4 Å². The van der Waals surface area contributed by atoms with E-state index in [1.807, 2.05) is 11.9 Å². The van der Waals surface area contributed by atoms with Crippen LogP contribution in [0.1, 0.15) is 13.8 Å². The average molecular weight is 377 g/mol. The third kappa shape index (κ3) is 4.07. The van der Waals surface area contributed by atoms with Crippen molar-refractivity contribution in [2.24, 2.45) is 0 Å². The molecule has 2 heterocycles. The first-order chi connectivity index (χ1) is 12.5. The third-order valence-electron chi connectivity index (χ3n) is 4.37. The Morgan fingerprint density at radius 2 is 2.04 bits per heavy atom. The Balaban J connectivity index is 0.00000261. The number of benzene rings is 1. The Kier molecular flexibility index (Phi) is 6.48. The Morgan fingerprint density at radius 3 is 2.70 bits per heavy atom. The molecule has 0 fully saturated rings. The fraction of sp³-hybridized carbons (Fsp3) is 0.412. The van der Waals surface area contributed by atoms with Crippen LogP contribution >= 0.6 is 0 Å². The van der Waals surface area contributed by atoms with Gasteiger partial charge in [-0.25, -0.2) is 0 Å². The van der Waals surface area contributed by atoms with Crippen LogP contribution in [0.5, 0.6) is 17.4 Å². The van der Waals surface area contributed by atoms with Gasteiger partial charge < -0.3 is 24.7 Å². The van der Waals surface area contributed by atoms with Gasteiger partial charge in [0.25, 0.3) is 11.6 Å². The highest BCUT2D eigenvalue weighted by atomic mass is 16.6. The first-order valence-corrected chi connectivity index (χ1v) is 8.46. The molecule has 3 rings (SSSR count). The number of rotatable bonds is 7. The van der Waals surface area contributed by atoms with Crippen molar-refractivity contribution < 1.29 is 19.9 Å². The lowest BCUT2D eigenvalue weighted by Crippen LogP contribution is -2.28. The van der Waals surface area contributed by atoms with Crippen LogP contribution in [0.4, 0.5) is 17.1 Å². The van der Waals surface area contributed by atoms with Crippen molar-refractivity contribution in [1.82, 2.24) is 15.1 Å². The van der Waals surface area contributed by atoms with E-state index in [1.54, 1.807) is 6.07 Å². The highest BCUT2D eigenvalue weighted by Gasteiger charge is 2.28. The zero-order valence-corrected chi connectivity index (χ0v) is 15.5. The number of nitro groups is 1. The van der Waals surface area contributed by atoms with Crippen LogP contribution < -0.4 is 14.4 Å². The van der Waals surface area contributed by atoms with Gasteiger partial charge in [-0.2, -0.15) is 5.10 Å². The predicted molar refractivity (Wildman–Crippen MR) is 100 cm³/mol. The molecule has 0 aliphatic carbocycles. The monoisotopic (exact) mass is 377 g/mol. The molecule has 27 heavy (non-hydrogen) atoms. The smallest absolute Gasteiger partial charge is 0.273 e. The minimum atomic E-state index is -0.453. The third-order valence-corrected chi connectivity index (χ3v) is 4.37. The number of hydrogen-bond donors (Lipinski definition) is 0. The van der Waals surface area contributed by atoms with Crippen LogP contribution in [-0.4, -0.2) is 58.8 Å². The average Bonchev–Trinajstić information content (AvgIpc) is 2.64. The molecule has 2 N–H and O–H groups in total. The van der Waals surface area contributed by atoms with E-state index in [4.69, 9.17) is 9.47 Å². The second-order valence-corrected chi connectivity index (χ2v) is 5.81. The van der Waals surface area contributed by atoms with Crippen molar-refractivity contribution >= 4 is 17.1 Å². The van der Waals surface area contributed by atoms with Gasteiger partial charge in [0.15, 0.2) is 17.2 Å². The largest absolute Gasteiger partial charge is 0.474 e. The van der Waals surface area contributed by atoms with Gasteiger partial charge in [-0.05, 0) is 19.2 Å². The van der Waals surface area contributed by atoms with E-state index in [9.17, 15) is 10.1 Å². The highest BCUT2D eigenvalue weighted by molar-refractivity contribution is 5.80. The summed E-state index contributed by atoms with van der Waals surface area (Å²) in [6.45, 7) is 7.37. The number of fused-ring (bicyclic) bond motifs is 2. The molecule has 146 valence electrons. The molecule has 0 unspecified atom stereocenters. The van der Waals surface area contributed by atoms with Gasteiger partial charge >= 0.3 is 0 Å². The molecular formula is C17H23N5O5. The van der Waals surface area contributed by atoms with Crippen LogP contribution in [-0.2, 0) is 0 Å². The van der Waals surface area contributed by atoms with Gasteiger partial charge in [0.05, 0.1) is 22.9 Å². The van der Waals surface area contributed by atoms with E-state index in [-0.39, 0.29) is 11.2 Å². The molecule has 0 amide bonds. The van der Waals surface area contributed by atoms with Crippen molar-refractivity contribution in [3.63, 3.8) is 0 Å². The van der Waals surface area contributed by atoms with Crippen molar-refractivity contribution in [3.8, 4) is 17.4 Å². The maximum atomic E-state index is 11.0. The van der Waals surface area contributed by atoms with E-state index >= 15 is 0 Å². The Labute approximate surface area is 156 Å². The first kappa shape index (κ1) is 20.3. The summed E-state index contributed by atoms with van der Waals surface area (Å²) < 4.78 is 11.7. The SMILES string of the molecule is CCN(CC)CCOc1nncc2c1N(C)c1ccc([N+](=O)[O-])cc1O2.O. The second kappa shape index (κ2) is 8.60. The van der Waals surface area contributed by atoms with Crippen molar-refractivity contribution in [3.05, 3.63) is 34.5 Å². The minimum absolute atomic E-state index is 0. The molecule has 0 saturated carbocycles. The van der Waals surface area contributed by atoms with Crippen molar-refractivity contribution in [1.29, 1.82) is 0 Å². The predicted octanol–water partition coefficient (Wildman–Crippen LogP) is 2.15. The maximum Gasteiger partial charge on any atom is 0.273 e. The van der Waals surface area contributed by atoms with Gasteiger partial charge in [-0.3, -0.25) is 10.1 Å². The van der Waals surface area contributed by atoms with Gasteiger partial charge in [0.2, 0.25) is 0 Å². The standard InChI is InChI=1S/C17H21N5O4.H2O/c1-4-21(5-2)8-9-25-17-16-15(11-18-19-17)26-14-10-12(22(23)24)6-7-13(14)20(16)3;/h6-7,10-11H,4-5,8-9H2,1-3H3;1H2. The number of nitrogens with zero attached hydrogens (tertiary/aromatic N) is 5. The fourth-order valence-corrected chi connectivity index (χ4v) is 2.85. The fourth-order valence-electron chi connectivity index (χ4n) is 2.85. The maximum absolute atomic E-state index is 11.0. The molecule has 10 nitrogen and oxygen atoms in total. The molecule has 0 spiro atoms. The van der Waals surface area contributed by atoms with E-state index in [1.165, 1.54) is 18.3 Å². The lowest BCUT2D eigenvalue weighted by atomic mass is 10.2. The summed E-state index contributed by atoms with van der Waals surface area (Å²) in [4.78, 5) is 14.6. The number of aromatic nitrogens is 2. The van der Waals surface area contributed by atoms with Crippen LogP contribution in [0, 0.1) is 10.1 Å². The number of nitro benzene ring substituents is 1. The van der Waals surface area contributed by atoms with E-state index < -0.39 is 4.92 Å². The number of anilines is 2. The number of likely N-dealkylation sites (N-methyl/N-ethyl adjacent to an activating group) is 1. The van der Waals surface area contributed by atoms with Crippen LogP contribution in [0.2, 0.25) is 0 Å². The number of ether oxygens (including phenoxy) is 2. The van der Waals surface area contributed by atoms with Gasteiger partial charge in [0, 0.05) is 19.7 Å². The molecule has 1 aliphatic heterocycles. The molecule has 10 heteroatoms. The summed E-state index contributed by atoms with van der Waals surface area (Å²) in [6, 6.07) is 4.49. The molecule has 1 aromatic heterocycles. The summed E-state index contributed by atoms with van der Waals surface area (Å²) >= 11 is 0. The molecule has 0 bridgehead atoms. The van der Waals surface area contributed by atoms with Crippen LogP contribution in [0.25, 0.3) is 0 Å². The molecule has 0 atom stereocenters. The van der Waals surface area contributed by atoms with Gasteiger partial charge in [-0.15, -0.1) is 5.10 Å². The first-order valence-electron chi connectivity index (χ1n) is 8.46. The van der Waals surface area contributed by atoms with E-state index in [0.717, 1.165) is 19.6 Å². The van der Waals surface area contributed by atoms with E-state index in [2.05, 4.69) is 28.9 Å². The van der Waals surface area contributed by atoms with E-state index in [0.29, 0.717) is 35.4 Å². The second-order valence-electron chi connectivity index (χ2n) is 5.81. The number of hydrogen-bond acceptors (Lipinski definition) is 8. The van der Waals surface area contributed by atoms with Crippen molar-refractivity contribution in [2.45, 2.75) is 13.8 Å². The quantitative estimate of drug-likeness (QED) is 0.531. The lowest BCUT2D eigenvalue weighted by molar-refractivity contribution is -0.384. The highest BCUT2D eigenvalue weighted by Crippen LogP contribution is 2.49. The summed E-state index contributed by atoms with van der Waals surface area (Å²) in [5.74, 6) is 1.23. The molecule has 0 saturated heterocycles. The Hall–Kier alpha value is -2.98. The molecule has 2 aromatic rings. The van der Waals surface area contributed by atoms with Gasteiger partial charge in [0.1, 0.15) is 6.61 Å². The number of non-ortho nitro benzene ring substituents is 1. The van der Waals surface area contributed by atoms with Crippen molar-refractivity contribution in [2.75, 3.05) is 38.2 Å². The minimum Gasteiger partial charge on any atom is -0.474 e. The topological polar surface area (TPSA) is 125 Å². The summed E-state index contributed by atoms with van der Waals surface area (Å²) in [5, 5.41) is 19.0. The summed E-state index contributed by atoms with van der Waals surface area (Å²) in [7, 11) is 1.84. The zero-order chi connectivity index (χ0) is 18.7.